The molecule has 2 aliphatic carbocycles. The Hall–Kier alpha value is -0.940. The predicted octanol–water partition coefficient (Wildman–Crippen LogP) is 2.77. The molecule has 3 rings (SSSR count). The highest BCUT2D eigenvalue weighted by atomic mass is 16.5. The van der Waals surface area contributed by atoms with Crippen LogP contribution in [0.15, 0.2) is 4.52 Å². The lowest BCUT2D eigenvalue weighted by molar-refractivity contribution is -0.000209. The van der Waals surface area contributed by atoms with Gasteiger partial charge in [-0.1, -0.05) is 12.1 Å². The Morgan fingerprint density at radius 2 is 2.00 bits per heavy atom. The Morgan fingerprint density at radius 1 is 1.20 bits per heavy atom. The third-order valence-electron chi connectivity index (χ3n) is 4.23. The van der Waals surface area contributed by atoms with E-state index >= 15 is 0 Å². The van der Waals surface area contributed by atoms with Gasteiger partial charge in [0.15, 0.2) is 5.82 Å². The van der Waals surface area contributed by atoms with Crippen LogP contribution < -0.4 is 5.32 Å². The molecule has 1 N–H and O–H groups in total. The molecule has 0 atom stereocenters. The molecule has 2 saturated carbocycles. The van der Waals surface area contributed by atoms with Crippen molar-refractivity contribution in [3.8, 4) is 0 Å². The molecule has 2 aliphatic rings. The van der Waals surface area contributed by atoms with Crippen molar-refractivity contribution < 1.29 is 9.26 Å². The number of hydrogen-bond donors (Lipinski definition) is 1. The molecule has 5 nitrogen and oxygen atoms in total. The van der Waals surface area contributed by atoms with Crippen LogP contribution in [0.4, 0.5) is 0 Å². The van der Waals surface area contributed by atoms with Gasteiger partial charge in [-0.25, -0.2) is 0 Å². The zero-order chi connectivity index (χ0) is 13.8. The molecule has 0 aromatic carbocycles. The number of hydrogen-bond acceptors (Lipinski definition) is 5. The van der Waals surface area contributed by atoms with Gasteiger partial charge in [-0.05, 0) is 51.5 Å². The molecule has 1 aromatic heterocycles. The predicted molar refractivity (Wildman–Crippen MR) is 75.4 cm³/mol. The lowest BCUT2D eigenvalue weighted by Gasteiger charge is -2.28. The molecule has 0 aliphatic heterocycles. The van der Waals surface area contributed by atoms with Gasteiger partial charge in [0.05, 0.1) is 6.10 Å². The van der Waals surface area contributed by atoms with Crippen LogP contribution in [0.3, 0.4) is 0 Å². The van der Waals surface area contributed by atoms with Crippen LogP contribution in [0.2, 0.25) is 0 Å². The van der Waals surface area contributed by atoms with Gasteiger partial charge in [-0.15, -0.1) is 0 Å². The van der Waals surface area contributed by atoms with E-state index in [1.807, 2.05) is 0 Å². The fourth-order valence-corrected chi connectivity index (χ4v) is 2.81. The maximum Gasteiger partial charge on any atom is 0.252 e. The van der Waals surface area contributed by atoms with Gasteiger partial charge in [0.2, 0.25) is 0 Å². The first-order valence-corrected chi connectivity index (χ1v) is 8.02. The summed E-state index contributed by atoms with van der Waals surface area (Å²) in [5.74, 6) is 2.06. The van der Waals surface area contributed by atoms with E-state index in [0.717, 1.165) is 25.2 Å². The third kappa shape index (κ3) is 3.79. The summed E-state index contributed by atoms with van der Waals surface area (Å²) in [6, 6.07) is 0.680. The summed E-state index contributed by atoms with van der Waals surface area (Å²) in [5.41, 5.74) is 0. The monoisotopic (exact) mass is 279 g/mol. The van der Waals surface area contributed by atoms with E-state index in [0.29, 0.717) is 30.6 Å². The van der Waals surface area contributed by atoms with Crippen molar-refractivity contribution in [1.29, 1.82) is 0 Å². The molecule has 0 bridgehead atoms. The maximum absolute atomic E-state index is 5.91. The molecule has 0 saturated heterocycles. The second-order valence-corrected chi connectivity index (χ2v) is 6.06. The fraction of sp³-hybridized carbons (Fsp3) is 0.867. The lowest BCUT2D eigenvalue weighted by Crippen LogP contribution is -2.35. The molecule has 1 heterocycles. The minimum Gasteiger partial charge on any atom is -0.368 e. The first-order valence-electron chi connectivity index (χ1n) is 8.02. The van der Waals surface area contributed by atoms with E-state index in [1.54, 1.807) is 0 Å². The van der Waals surface area contributed by atoms with E-state index < -0.39 is 0 Å². The Balaban J connectivity index is 1.36. The Kier molecular flexibility index (Phi) is 4.68. The highest BCUT2D eigenvalue weighted by Gasteiger charge is 2.29. The second-order valence-electron chi connectivity index (χ2n) is 6.06. The number of ether oxygens (including phenoxy) is 1. The molecule has 0 unspecified atom stereocenters. The molecule has 2 fully saturated rings. The molecule has 1 aromatic rings. The summed E-state index contributed by atoms with van der Waals surface area (Å²) >= 11 is 0. The quantitative estimate of drug-likeness (QED) is 0.831. The molecular formula is C15H25N3O2. The summed E-state index contributed by atoms with van der Waals surface area (Å²) in [4.78, 5) is 4.40. The van der Waals surface area contributed by atoms with Crippen LogP contribution in [0.25, 0.3) is 0 Å². The van der Waals surface area contributed by atoms with Gasteiger partial charge < -0.3 is 14.6 Å². The molecule has 5 heteroatoms. The minimum absolute atomic E-state index is 0.353. The standard InChI is InChI=1S/C15H25N3O2/c1-2-9-16-12-5-7-13(8-6-12)19-10-14-17-15(18-20-14)11-3-4-11/h11-13,16H,2-10H2,1H3. The smallest absolute Gasteiger partial charge is 0.252 e. The fourth-order valence-electron chi connectivity index (χ4n) is 2.81. The van der Waals surface area contributed by atoms with Crippen LogP contribution in [0.1, 0.15) is 69.5 Å². The van der Waals surface area contributed by atoms with Crippen LogP contribution in [-0.4, -0.2) is 28.8 Å². The van der Waals surface area contributed by atoms with Crippen LogP contribution >= 0.6 is 0 Å². The summed E-state index contributed by atoms with van der Waals surface area (Å²) < 4.78 is 11.1. The molecule has 0 amide bonds. The molecular weight excluding hydrogens is 254 g/mol. The van der Waals surface area contributed by atoms with Crippen molar-refractivity contribution in [1.82, 2.24) is 15.5 Å². The Bertz CT molecular complexity index is 409. The van der Waals surface area contributed by atoms with Crippen LogP contribution in [0.5, 0.6) is 0 Å². The number of aromatic nitrogens is 2. The van der Waals surface area contributed by atoms with E-state index in [4.69, 9.17) is 9.26 Å². The third-order valence-corrected chi connectivity index (χ3v) is 4.23. The Labute approximate surface area is 120 Å². The molecule has 0 spiro atoms. The van der Waals surface area contributed by atoms with Gasteiger partial charge in [0.25, 0.3) is 5.89 Å². The van der Waals surface area contributed by atoms with E-state index in [-0.39, 0.29) is 0 Å². The normalized spacial score (nSPS) is 26.9. The second kappa shape index (κ2) is 6.68. The van der Waals surface area contributed by atoms with E-state index in [9.17, 15) is 0 Å². The van der Waals surface area contributed by atoms with Crippen molar-refractivity contribution in [2.24, 2.45) is 0 Å². The zero-order valence-electron chi connectivity index (χ0n) is 12.3. The maximum atomic E-state index is 5.91. The number of nitrogens with one attached hydrogen (secondary N) is 1. The summed E-state index contributed by atoms with van der Waals surface area (Å²) in [6.07, 6.45) is 8.64. The average Bonchev–Trinajstić information content (AvgIpc) is 3.23. The number of rotatable bonds is 7. The minimum atomic E-state index is 0.353. The Morgan fingerprint density at radius 3 is 2.70 bits per heavy atom. The summed E-state index contributed by atoms with van der Waals surface area (Å²) in [7, 11) is 0. The number of nitrogens with zero attached hydrogens (tertiary/aromatic N) is 2. The van der Waals surface area contributed by atoms with E-state index in [1.165, 1.54) is 32.1 Å². The van der Waals surface area contributed by atoms with Crippen LogP contribution in [0, 0.1) is 0 Å². The lowest BCUT2D eigenvalue weighted by atomic mass is 9.93. The van der Waals surface area contributed by atoms with Crippen molar-refractivity contribution in [3.63, 3.8) is 0 Å². The largest absolute Gasteiger partial charge is 0.368 e. The molecule has 112 valence electrons. The topological polar surface area (TPSA) is 60.2 Å². The van der Waals surface area contributed by atoms with Gasteiger partial charge in [0.1, 0.15) is 6.61 Å². The summed E-state index contributed by atoms with van der Waals surface area (Å²) in [5, 5.41) is 7.60. The van der Waals surface area contributed by atoms with Crippen molar-refractivity contribution in [3.05, 3.63) is 11.7 Å². The average molecular weight is 279 g/mol. The first kappa shape index (κ1) is 14.0. The molecule has 20 heavy (non-hydrogen) atoms. The van der Waals surface area contributed by atoms with Crippen molar-refractivity contribution >= 4 is 0 Å². The van der Waals surface area contributed by atoms with Gasteiger partial charge in [0, 0.05) is 12.0 Å². The zero-order valence-corrected chi connectivity index (χ0v) is 12.3. The van der Waals surface area contributed by atoms with Gasteiger partial charge in [-0.3, -0.25) is 0 Å². The van der Waals surface area contributed by atoms with Gasteiger partial charge in [-0.2, -0.15) is 4.98 Å². The van der Waals surface area contributed by atoms with E-state index in [2.05, 4.69) is 22.4 Å². The first-order chi connectivity index (χ1) is 9.85. The molecule has 0 radical (unpaired) electrons. The van der Waals surface area contributed by atoms with Crippen LogP contribution in [-0.2, 0) is 11.3 Å². The SMILES string of the molecule is CCCNC1CCC(OCc2nc(C3CC3)no2)CC1. The highest BCUT2D eigenvalue weighted by molar-refractivity contribution is 5.03. The highest BCUT2D eigenvalue weighted by Crippen LogP contribution is 2.38. The van der Waals surface area contributed by atoms with Crippen molar-refractivity contribution in [2.75, 3.05) is 6.54 Å². The summed E-state index contributed by atoms with van der Waals surface area (Å²) in [6.45, 7) is 3.81. The van der Waals surface area contributed by atoms with Gasteiger partial charge >= 0.3 is 0 Å². The van der Waals surface area contributed by atoms with Crippen molar-refractivity contribution in [2.45, 2.75) is 76.5 Å².